The van der Waals surface area contributed by atoms with Crippen LogP contribution in [-0.4, -0.2) is 42.2 Å². The fraction of sp³-hybridized carbons (Fsp3) is 0.500. The first-order valence-corrected chi connectivity index (χ1v) is 6.42. The molecule has 0 spiro atoms. The standard InChI is InChI=1S/C14H22N2O2.2ClH/c1-3-16(4-2)10-9-15-11-12-5-7-13(8-6-12)14(17)18;;/h5-8,15H,3-4,9-11H2,1-2H3,(H,17,18);2*1H. The van der Waals surface area contributed by atoms with Gasteiger partial charge in [0.2, 0.25) is 0 Å². The number of hydrogen-bond donors (Lipinski definition) is 2. The van der Waals surface area contributed by atoms with Gasteiger partial charge in [-0.1, -0.05) is 26.0 Å². The molecule has 20 heavy (non-hydrogen) atoms. The van der Waals surface area contributed by atoms with Crippen molar-refractivity contribution in [3.63, 3.8) is 0 Å². The van der Waals surface area contributed by atoms with Crippen molar-refractivity contribution in [2.75, 3.05) is 26.2 Å². The van der Waals surface area contributed by atoms with Crippen LogP contribution >= 0.6 is 24.8 Å². The Kier molecular flexibility index (Phi) is 12.9. The molecule has 0 amide bonds. The molecule has 116 valence electrons. The number of carboxylic acid groups (broad SMARTS) is 1. The Morgan fingerprint density at radius 2 is 1.70 bits per heavy atom. The second-order valence-corrected chi connectivity index (χ2v) is 4.21. The van der Waals surface area contributed by atoms with Gasteiger partial charge >= 0.3 is 5.97 Å². The highest BCUT2D eigenvalue weighted by molar-refractivity contribution is 5.87. The van der Waals surface area contributed by atoms with Gasteiger partial charge in [-0.2, -0.15) is 0 Å². The number of rotatable bonds is 8. The first-order valence-electron chi connectivity index (χ1n) is 6.42. The van der Waals surface area contributed by atoms with Gasteiger partial charge in [0.25, 0.3) is 0 Å². The van der Waals surface area contributed by atoms with Crippen LogP contribution in [-0.2, 0) is 6.54 Å². The Balaban J connectivity index is 0. The topological polar surface area (TPSA) is 52.6 Å². The minimum Gasteiger partial charge on any atom is -0.478 e. The van der Waals surface area contributed by atoms with Gasteiger partial charge in [0.15, 0.2) is 0 Å². The van der Waals surface area contributed by atoms with Crippen molar-refractivity contribution < 1.29 is 9.90 Å². The maximum absolute atomic E-state index is 10.7. The lowest BCUT2D eigenvalue weighted by Gasteiger charge is -2.18. The summed E-state index contributed by atoms with van der Waals surface area (Å²) in [4.78, 5) is 13.1. The zero-order valence-corrected chi connectivity index (χ0v) is 13.6. The van der Waals surface area contributed by atoms with E-state index in [4.69, 9.17) is 5.11 Å². The lowest BCUT2D eigenvalue weighted by molar-refractivity contribution is 0.0697. The zero-order chi connectivity index (χ0) is 13.4. The van der Waals surface area contributed by atoms with Crippen molar-refractivity contribution in [3.8, 4) is 0 Å². The average Bonchev–Trinajstić information content (AvgIpc) is 2.39. The van der Waals surface area contributed by atoms with Crippen molar-refractivity contribution in [1.82, 2.24) is 10.2 Å². The average molecular weight is 323 g/mol. The number of hydrogen-bond acceptors (Lipinski definition) is 3. The third kappa shape index (κ3) is 7.70. The monoisotopic (exact) mass is 322 g/mol. The zero-order valence-electron chi connectivity index (χ0n) is 12.0. The fourth-order valence-electron chi connectivity index (χ4n) is 1.77. The molecular formula is C14H24Cl2N2O2. The van der Waals surface area contributed by atoms with Gasteiger partial charge in [0.05, 0.1) is 5.56 Å². The van der Waals surface area contributed by atoms with Gasteiger partial charge in [-0.25, -0.2) is 4.79 Å². The van der Waals surface area contributed by atoms with Crippen LogP contribution in [0.5, 0.6) is 0 Å². The second-order valence-electron chi connectivity index (χ2n) is 4.21. The predicted octanol–water partition coefficient (Wildman–Crippen LogP) is 2.66. The van der Waals surface area contributed by atoms with E-state index in [1.807, 2.05) is 12.1 Å². The largest absolute Gasteiger partial charge is 0.478 e. The van der Waals surface area contributed by atoms with Crippen LogP contribution in [0.4, 0.5) is 0 Å². The van der Waals surface area contributed by atoms with Gasteiger partial charge in [-0.05, 0) is 30.8 Å². The molecule has 2 N–H and O–H groups in total. The maximum Gasteiger partial charge on any atom is 0.335 e. The van der Waals surface area contributed by atoms with Crippen molar-refractivity contribution >= 4 is 30.8 Å². The summed E-state index contributed by atoms with van der Waals surface area (Å²) in [5.74, 6) is -0.879. The Labute approximate surface area is 133 Å². The normalized spacial score (nSPS) is 9.75. The predicted molar refractivity (Wildman–Crippen MR) is 87.4 cm³/mol. The minimum absolute atomic E-state index is 0. The number of nitrogens with zero attached hydrogens (tertiary/aromatic N) is 1. The molecule has 0 aliphatic heterocycles. The number of halogens is 2. The summed E-state index contributed by atoms with van der Waals surface area (Å²) in [6, 6.07) is 7.00. The first kappa shape index (κ1) is 21.5. The first-order chi connectivity index (χ1) is 8.67. The molecular weight excluding hydrogens is 299 g/mol. The van der Waals surface area contributed by atoms with E-state index in [1.54, 1.807) is 12.1 Å². The highest BCUT2D eigenvalue weighted by Crippen LogP contribution is 2.04. The van der Waals surface area contributed by atoms with Gasteiger partial charge in [0, 0.05) is 19.6 Å². The fourth-order valence-corrected chi connectivity index (χ4v) is 1.77. The van der Waals surface area contributed by atoms with E-state index in [2.05, 4.69) is 24.1 Å². The number of nitrogens with one attached hydrogen (secondary N) is 1. The van der Waals surface area contributed by atoms with Crippen LogP contribution in [0.1, 0.15) is 29.8 Å². The molecule has 0 saturated heterocycles. The van der Waals surface area contributed by atoms with Gasteiger partial charge in [0.1, 0.15) is 0 Å². The number of carboxylic acids is 1. The third-order valence-corrected chi connectivity index (χ3v) is 3.03. The number of aromatic carboxylic acids is 1. The summed E-state index contributed by atoms with van der Waals surface area (Å²) in [7, 11) is 0. The van der Waals surface area contributed by atoms with Crippen molar-refractivity contribution in [1.29, 1.82) is 0 Å². The Morgan fingerprint density at radius 1 is 1.15 bits per heavy atom. The highest BCUT2D eigenvalue weighted by Gasteiger charge is 2.02. The Bertz CT molecular complexity index is 368. The van der Waals surface area contributed by atoms with Gasteiger partial charge in [-0.3, -0.25) is 0 Å². The molecule has 1 rings (SSSR count). The van der Waals surface area contributed by atoms with Gasteiger partial charge in [-0.15, -0.1) is 24.8 Å². The second kappa shape index (κ2) is 12.0. The molecule has 1 aromatic carbocycles. The van der Waals surface area contributed by atoms with Crippen LogP contribution in [0.25, 0.3) is 0 Å². The van der Waals surface area contributed by atoms with E-state index in [-0.39, 0.29) is 24.8 Å². The summed E-state index contributed by atoms with van der Waals surface area (Å²) in [5, 5.41) is 12.1. The van der Waals surface area contributed by atoms with Crippen molar-refractivity contribution in [2.45, 2.75) is 20.4 Å². The summed E-state index contributed by atoms with van der Waals surface area (Å²) >= 11 is 0. The quantitative estimate of drug-likeness (QED) is 0.722. The maximum atomic E-state index is 10.7. The van der Waals surface area contributed by atoms with E-state index < -0.39 is 5.97 Å². The van der Waals surface area contributed by atoms with E-state index in [1.165, 1.54) is 0 Å². The molecule has 0 fully saturated rings. The van der Waals surface area contributed by atoms with Crippen LogP contribution in [0.2, 0.25) is 0 Å². The van der Waals surface area contributed by atoms with Crippen LogP contribution in [0, 0.1) is 0 Å². The van der Waals surface area contributed by atoms with E-state index in [9.17, 15) is 4.79 Å². The lowest BCUT2D eigenvalue weighted by atomic mass is 10.1. The molecule has 0 atom stereocenters. The molecule has 0 saturated carbocycles. The van der Waals surface area contributed by atoms with Crippen LogP contribution in [0.3, 0.4) is 0 Å². The number of likely N-dealkylation sites (N-methyl/N-ethyl adjacent to an activating group) is 1. The van der Waals surface area contributed by atoms with Crippen molar-refractivity contribution in [3.05, 3.63) is 35.4 Å². The van der Waals surface area contributed by atoms with Gasteiger partial charge < -0.3 is 15.3 Å². The molecule has 4 nitrogen and oxygen atoms in total. The SMILES string of the molecule is CCN(CC)CCNCc1ccc(C(=O)O)cc1.Cl.Cl. The molecule has 6 heteroatoms. The molecule has 1 aromatic rings. The third-order valence-electron chi connectivity index (χ3n) is 3.03. The molecule has 0 aliphatic carbocycles. The summed E-state index contributed by atoms with van der Waals surface area (Å²) < 4.78 is 0. The lowest BCUT2D eigenvalue weighted by Crippen LogP contribution is -2.31. The molecule has 0 heterocycles. The molecule has 0 radical (unpaired) electrons. The van der Waals surface area contributed by atoms with E-state index in [0.717, 1.165) is 38.3 Å². The molecule has 0 aromatic heterocycles. The number of benzene rings is 1. The smallest absolute Gasteiger partial charge is 0.335 e. The Hall–Kier alpha value is -0.810. The molecule has 0 aliphatic rings. The van der Waals surface area contributed by atoms with Crippen LogP contribution in [0.15, 0.2) is 24.3 Å². The minimum atomic E-state index is -0.879. The Morgan fingerprint density at radius 3 is 2.15 bits per heavy atom. The molecule has 0 unspecified atom stereocenters. The van der Waals surface area contributed by atoms with E-state index in [0.29, 0.717) is 5.56 Å². The summed E-state index contributed by atoms with van der Waals surface area (Å²) in [5.41, 5.74) is 1.45. The molecule has 0 bridgehead atoms. The van der Waals surface area contributed by atoms with Crippen LogP contribution < -0.4 is 5.32 Å². The summed E-state index contributed by atoms with van der Waals surface area (Å²) in [6.07, 6.45) is 0. The number of carbonyl (C=O) groups is 1. The highest BCUT2D eigenvalue weighted by atomic mass is 35.5. The van der Waals surface area contributed by atoms with Crippen molar-refractivity contribution in [2.24, 2.45) is 0 Å². The summed E-state index contributed by atoms with van der Waals surface area (Å²) in [6.45, 7) is 9.24. The van der Waals surface area contributed by atoms with E-state index >= 15 is 0 Å².